The van der Waals surface area contributed by atoms with Crippen LogP contribution in [0.3, 0.4) is 0 Å². The van der Waals surface area contributed by atoms with Crippen LogP contribution in [0, 0.1) is 5.92 Å². The molecule has 0 unspecified atom stereocenters. The molecule has 2 aromatic rings. The number of carbonyl (C=O) groups is 2. The van der Waals surface area contributed by atoms with Crippen molar-refractivity contribution in [2.45, 2.75) is 17.7 Å². The van der Waals surface area contributed by atoms with Gasteiger partial charge >= 0.3 is 0 Å². The first-order valence-corrected chi connectivity index (χ1v) is 9.95. The van der Waals surface area contributed by atoms with Crippen LogP contribution < -0.4 is 0 Å². The van der Waals surface area contributed by atoms with E-state index in [1.54, 1.807) is 41.2 Å². The lowest BCUT2D eigenvalue weighted by molar-refractivity contribution is -0.127. The maximum absolute atomic E-state index is 12.8. The molecule has 1 aromatic carbocycles. The fraction of sp³-hybridized carbons (Fsp3) is 0.286. The molecule has 2 heterocycles. The number of carbonyl (C=O) groups excluding carboxylic acids is 2. The van der Waals surface area contributed by atoms with Crippen LogP contribution in [-0.4, -0.2) is 40.9 Å². The third kappa shape index (κ3) is 4.61. The van der Waals surface area contributed by atoms with E-state index in [0.717, 1.165) is 28.9 Å². The second-order valence-electron chi connectivity index (χ2n) is 6.33. The van der Waals surface area contributed by atoms with Gasteiger partial charge in [-0.15, -0.1) is 11.8 Å². The van der Waals surface area contributed by atoms with Crippen molar-refractivity contribution in [1.82, 2.24) is 9.88 Å². The second kappa shape index (κ2) is 8.81. The topological polar surface area (TPSA) is 50.3 Å². The highest BCUT2D eigenvalue weighted by molar-refractivity contribution is 7.98. The second-order valence-corrected chi connectivity index (χ2v) is 7.21. The Labute approximate surface area is 158 Å². The molecule has 0 aliphatic carbocycles. The Morgan fingerprint density at radius 3 is 2.58 bits per heavy atom. The molecule has 1 fully saturated rings. The number of piperidine rings is 1. The summed E-state index contributed by atoms with van der Waals surface area (Å²) in [6, 6.07) is 11.4. The van der Waals surface area contributed by atoms with Crippen molar-refractivity contribution >= 4 is 29.5 Å². The molecular formula is C21H22N2O2S. The van der Waals surface area contributed by atoms with Gasteiger partial charge in [-0.3, -0.25) is 14.6 Å². The summed E-state index contributed by atoms with van der Waals surface area (Å²) in [5, 5.41) is 0. The first-order valence-electron chi connectivity index (χ1n) is 8.72. The number of pyridine rings is 1. The van der Waals surface area contributed by atoms with Crippen molar-refractivity contribution in [2.24, 2.45) is 5.92 Å². The predicted molar refractivity (Wildman–Crippen MR) is 105 cm³/mol. The molecule has 3 rings (SSSR count). The summed E-state index contributed by atoms with van der Waals surface area (Å²) in [5.41, 5.74) is 1.67. The zero-order chi connectivity index (χ0) is 18.4. The number of rotatable bonds is 5. The Hall–Kier alpha value is -2.40. The lowest BCUT2D eigenvalue weighted by Gasteiger charge is -2.31. The summed E-state index contributed by atoms with van der Waals surface area (Å²) >= 11 is 1.66. The van der Waals surface area contributed by atoms with Crippen molar-refractivity contribution < 1.29 is 9.59 Å². The summed E-state index contributed by atoms with van der Waals surface area (Å²) < 4.78 is 0. The first kappa shape index (κ1) is 18.4. The maximum Gasteiger partial charge on any atom is 0.246 e. The van der Waals surface area contributed by atoms with Crippen LogP contribution in [0.2, 0.25) is 0 Å². The molecule has 26 heavy (non-hydrogen) atoms. The fourth-order valence-corrected chi connectivity index (χ4v) is 3.54. The minimum absolute atomic E-state index is 0.0444. The van der Waals surface area contributed by atoms with Crippen LogP contribution in [0.25, 0.3) is 6.08 Å². The molecule has 1 amide bonds. The number of amides is 1. The molecule has 0 bridgehead atoms. The molecule has 4 nitrogen and oxygen atoms in total. The van der Waals surface area contributed by atoms with Crippen LogP contribution in [0.4, 0.5) is 0 Å². The fourth-order valence-electron chi connectivity index (χ4n) is 3.13. The SMILES string of the molecule is CSc1ccc(C(=O)[C@@H]2CCCN(C(=O)/C=C/c3ccncc3)C2)cc1. The molecule has 1 saturated heterocycles. The number of Topliss-reactive ketones (excluding diaryl/α,β-unsaturated/α-hetero) is 1. The van der Waals surface area contributed by atoms with Crippen molar-refractivity contribution in [1.29, 1.82) is 0 Å². The number of hydrogen-bond donors (Lipinski definition) is 0. The number of aromatic nitrogens is 1. The van der Waals surface area contributed by atoms with Gasteiger partial charge in [-0.25, -0.2) is 0 Å². The highest BCUT2D eigenvalue weighted by atomic mass is 32.2. The summed E-state index contributed by atoms with van der Waals surface area (Å²) in [5.74, 6) is -0.0348. The van der Waals surface area contributed by atoms with E-state index >= 15 is 0 Å². The van der Waals surface area contributed by atoms with Crippen molar-refractivity contribution in [3.8, 4) is 0 Å². The number of thioether (sulfide) groups is 1. The molecular weight excluding hydrogens is 344 g/mol. The Bertz CT molecular complexity index is 787. The van der Waals surface area contributed by atoms with Crippen molar-refractivity contribution in [3.63, 3.8) is 0 Å². The van der Waals surface area contributed by atoms with Gasteiger partial charge < -0.3 is 4.90 Å². The Balaban J connectivity index is 1.63. The average molecular weight is 366 g/mol. The number of likely N-dealkylation sites (tertiary alicyclic amines) is 1. The van der Waals surface area contributed by atoms with Crippen LogP contribution in [0.1, 0.15) is 28.8 Å². The van der Waals surface area contributed by atoms with Gasteiger partial charge in [-0.1, -0.05) is 12.1 Å². The van der Waals surface area contributed by atoms with Crippen LogP contribution in [-0.2, 0) is 4.79 Å². The first-order chi connectivity index (χ1) is 12.7. The van der Waals surface area contributed by atoms with Crippen molar-refractivity contribution in [2.75, 3.05) is 19.3 Å². The molecule has 5 heteroatoms. The number of ketones is 1. The summed E-state index contributed by atoms with van der Waals surface area (Å²) in [4.78, 5) is 32.1. The van der Waals surface area contributed by atoms with E-state index in [9.17, 15) is 9.59 Å². The largest absolute Gasteiger partial charge is 0.338 e. The third-order valence-corrected chi connectivity index (χ3v) is 5.35. The molecule has 0 saturated carbocycles. The molecule has 0 N–H and O–H groups in total. The van der Waals surface area contributed by atoms with Gasteiger partial charge in [0.1, 0.15) is 0 Å². The highest BCUT2D eigenvalue weighted by Crippen LogP contribution is 2.23. The van der Waals surface area contributed by atoms with Crippen LogP contribution in [0.5, 0.6) is 0 Å². The van der Waals surface area contributed by atoms with E-state index < -0.39 is 0 Å². The molecule has 134 valence electrons. The van der Waals surface area contributed by atoms with Crippen LogP contribution in [0.15, 0.2) is 59.8 Å². The number of nitrogens with zero attached hydrogens (tertiary/aromatic N) is 2. The normalized spacial score (nSPS) is 17.4. The molecule has 1 aliphatic rings. The van der Waals surface area contributed by atoms with Gasteiger partial charge in [0.25, 0.3) is 0 Å². The van der Waals surface area contributed by atoms with Gasteiger partial charge in [0.05, 0.1) is 0 Å². The van der Waals surface area contributed by atoms with Crippen molar-refractivity contribution in [3.05, 3.63) is 66.0 Å². The molecule has 0 spiro atoms. The Morgan fingerprint density at radius 2 is 1.88 bits per heavy atom. The standard InChI is InChI=1S/C21H22N2O2S/c1-26-19-7-5-17(6-8-19)21(25)18-3-2-14-23(15-18)20(24)9-4-16-10-12-22-13-11-16/h4-13,18H,2-3,14-15H2,1H3/b9-4+/t18-/m1/s1. The molecule has 1 atom stereocenters. The van der Waals surface area contributed by atoms with E-state index in [-0.39, 0.29) is 17.6 Å². The maximum atomic E-state index is 12.8. The summed E-state index contributed by atoms with van der Waals surface area (Å²) in [6.07, 6.45) is 10.5. The zero-order valence-electron chi connectivity index (χ0n) is 14.8. The van der Waals surface area contributed by atoms with E-state index in [0.29, 0.717) is 13.1 Å². The molecule has 1 aliphatic heterocycles. The lowest BCUT2D eigenvalue weighted by atomic mass is 9.90. The average Bonchev–Trinajstić information content (AvgIpc) is 2.72. The predicted octanol–water partition coefficient (Wildman–Crippen LogP) is 3.94. The minimum Gasteiger partial charge on any atom is -0.338 e. The Morgan fingerprint density at radius 1 is 1.15 bits per heavy atom. The summed E-state index contributed by atoms with van der Waals surface area (Å²) in [6.45, 7) is 1.19. The molecule has 1 aromatic heterocycles. The molecule has 0 radical (unpaired) electrons. The third-order valence-electron chi connectivity index (χ3n) is 4.60. The Kier molecular flexibility index (Phi) is 6.23. The van der Waals surface area contributed by atoms with Gasteiger partial charge in [0.2, 0.25) is 5.91 Å². The highest BCUT2D eigenvalue weighted by Gasteiger charge is 2.28. The van der Waals surface area contributed by atoms with Gasteiger partial charge in [-0.05, 0) is 55.0 Å². The van der Waals surface area contributed by atoms with Gasteiger partial charge in [-0.2, -0.15) is 0 Å². The number of benzene rings is 1. The van der Waals surface area contributed by atoms with E-state index in [4.69, 9.17) is 0 Å². The summed E-state index contributed by atoms with van der Waals surface area (Å²) in [7, 11) is 0. The van der Waals surface area contributed by atoms with E-state index in [1.807, 2.05) is 42.7 Å². The van der Waals surface area contributed by atoms with E-state index in [2.05, 4.69) is 4.98 Å². The van der Waals surface area contributed by atoms with Gasteiger partial charge in [0, 0.05) is 47.9 Å². The lowest BCUT2D eigenvalue weighted by Crippen LogP contribution is -2.41. The minimum atomic E-state index is -0.123. The monoisotopic (exact) mass is 366 g/mol. The van der Waals surface area contributed by atoms with E-state index in [1.165, 1.54) is 0 Å². The smallest absolute Gasteiger partial charge is 0.246 e. The quantitative estimate of drug-likeness (QED) is 0.457. The zero-order valence-corrected chi connectivity index (χ0v) is 15.6. The van der Waals surface area contributed by atoms with Gasteiger partial charge in [0.15, 0.2) is 5.78 Å². The van der Waals surface area contributed by atoms with Crippen LogP contribution >= 0.6 is 11.8 Å². The number of hydrogen-bond acceptors (Lipinski definition) is 4.